The molecule has 1 N–H and O–H groups in total. The molecule has 6 nitrogen and oxygen atoms in total. The third kappa shape index (κ3) is 5.40. The number of para-hydroxylation sites is 1. The van der Waals surface area contributed by atoms with Crippen LogP contribution in [0, 0.1) is 0 Å². The lowest BCUT2D eigenvalue weighted by Crippen LogP contribution is -2.25. The Morgan fingerprint density at radius 1 is 1.06 bits per heavy atom. The molecule has 4 aromatic rings. The lowest BCUT2D eigenvalue weighted by Gasteiger charge is -2.13. The second-order valence-corrected chi connectivity index (χ2v) is 8.02. The van der Waals surface area contributed by atoms with Crippen molar-refractivity contribution in [2.24, 2.45) is 0 Å². The maximum Gasteiger partial charge on any atom is 0.416 e. The molecule has 0 bridgehead atoms. The molecule has 0 saturated heterocycles. The highest BCUT2D eigenvalue weighted by molar-refractivity contribution is 7.99. The SMILES string of the molecule is O=C(CSc1nc2ccccc2c(=O)n1Cc1cccnc1)Nc1cccc(C(F)(F)F)c1. The Balaban J connectivity index is 1.57. The van der Waals surface area contributed by atoms with Gasteiger partial charge in [-0.25, -0.2) is 4.98 Å². The van der Waals surface area contributed by atoms with Gasteiger partial charge in [0.25, 0.3) is 5.56 Å². The molecule has 0 aliphatic carbocycles. The Kier molecular flexibility index (Phi) is 6.45. The summed E-state index contributed by atoms with van der Waals surface area (Å²) in [5.74, 6) is -0.664. The van der Waals surface area contributed by atoms with Gasteiger partial charge in [0.1, 0.15) is 0 Å². The highest BCUT2D eigenvalue weighted by Gasteiger charge is 2.30. The summed E-state index contributed by atoms with van der Waals surface area (Å²) in [6, 6.07) is 14.9. The maximum absolute atomic E-state index is 13.1. The van der Waals surface area contributed by atoms with Gasteiger partial charge >= 0.3 is 6.18 Å². The van der Waals surface area contributed by atoms with E-state index in [-0.39, 0.29) is 23.5 Å². The van der Waals surface area contributed by atoms with Gasteiger partial charge < -0.3 is 5.32 Å². The highest BCUT2D eigenvalue weighted by Crippen LogP contribution is 2.30. The average Bonchev–Trinajstić information content (AvgIpc) is 2.80. The van der Waals surface area contributed by atoms with Gasteiger partial charge in [-0.3, -0.25) is 19.1 Å². The van der Waals surface area contributed by atoms with Crippen molar-refractivity contribution >= 4 is 34.3 Å². The molecular formula is C23H17F3N4O2S. The standard InChI is InChI=1S/C23H17F3N4O2S/c24-23(25,26)16-6-3-7-17(11-16)28-20(31)14-33-22-29-19-9-2-1-8-18(19)21(32)30(22)13-15-5-4-10-27-12-15/h1-12H,13-14H2,(H,28,31). The minimum Gasteiger partial charge on any atom is -0.325 e. The van der Waals surface area contributed by atoms with E-state index < -0.39 is 17.6 Å². The van der Waals surface area contributed by atoms with Gasteiger partial charge in [-0.05, 0) is 42.0 Å². The first kappa shape index (κ1) is 22.5. The molecule has 33 heavy (non-hydrogen) atoms. The minimum atomic E-state index is -4.51. The van der Waals surface area contributed by atoms with E-state index in [1.54, 1.807) is 42.7 Å². The summed E-state index contributed by atoms with van der Waals surface area (Å²) in [6.45, 7) is 0.210. The number of fused-ring (bicyclic) bond motifs is 1. The van der Waals surface area contributed by atoms with Crippen molar-refractivity contribution in [1.82, 2.24) is 14.5 Å². The van der Waals surface area contributed by atoms with Gasteiger partial charge in [0.2, 0.25) is 5.91 Å². The number of anilines is 1. The van der Waals surface area contributed by atoms with Crippen LogP contribution in [0.5, 0.6) is 0 Å². The van der Waals surface area contributed by atoms with Gasteiger partial charge in [-0.2, -0.15) is 13.2 Å². The van der Waals surface area contributed by atoms with Crippen molar-refractivity contribution in [3.05, 3.63) is 94.5 Å². The van der Waals surface area contributed by atoms with Crippen LogP contribution >= 0.6 is 11.8 Å². The number of alkyl halides is 3. The highest BCUT2D eigenvalue weighted by atomic mass is 32.2. The van der Waals surface area contributed by atoms with Crippen LogP contribution in [0.4, 0.5) is 18.9 Å². The zero-order chi connectivity index (χ0) is 23.4. The number of thioether (sulfide) groups is 1. The van der Waals surface area contributed by atoms with Gasteiger partial charge in [-0.15, -0.1) is 0 Å². The van der Waals surface area contributed by atoms with Crippen LogP contribution in [-0.2, 0) is 17.5 Å². The first-order valence-corrected chi connectivity index (χ1v) is 10.8. The van der Waals surface area contributed by atoms with Crippen LogP contribution in [0.25, 0.3) is 10.9 Å². The van der Waals surface area contributed by atoms with Crippen LogP contribution < -0.4 is 10.9 Å². The predicted molar refractivity (Wildman–Crippen MR) is 120 cm³/mol. The molecule has 0 radical (unpaired) electrons. The number of benzene rings is 2. The monoisotopic (exact) mass is 470 g/mol. The second kappa shape index (κ2) is 9.45. The van der Waals surface area contributed by atoms with Crippen molar-refractivity contribution in [1.29, 1.82) is 0 Å². The van der Waals surface area contributed by atoms with E-state index in [4.69, 9.17) is 0 Å². The minimum absolute atomic E-state index is 0.0367. The first-order valence-electron chi connectivity index (χ1n) is 9.79. The van der Waals surface area contributed by atoms with Crippen molar-refractivity contribution < 1.29 is 18.0 Å². The Hall–Kier alpha value is -3.66. The van der Waals surface area contributed by atoms with Gasteiger partial charge in [0, 0.05) is 18.1 Å². The van der Waals surface area contributed by atoms with Crippen LogP contribution in [0.2, 0.25) is 0 Å². The number of hydrogen-bond donors (Lipinski definition) is 1. The quantitative estimate of drug-likeness (QED) is 0.330. The Morgan fingerprint density at radius 3 is 2.64 bits per heavy atom. The number of hydrogen-bond acceptors (Lipinski definition) is 5. The number of nitrogens with zero attached hydrogens (tertiary/aromatic N) is 3. The van der Waals surface area contributed by atoms with Crippen molar-refractivity contribution in [2.45, 2.75) is 17.9 Å². The largest absolute Gasteiger partial charge is 0.416 e. The predicted octanol–water partition coefficient (Wildman–Crippen LogP) is 4.59. The lowest BCUT2D eigenvalue weighted by molar-refractivity contribution is -0.137. The molecular weight excluding hydrogens is 453 g/mol. The van der Waals surface area contributed by atoms with E-state index in [2.05, 4.69) is 15.3 Å². The molecule has 2 aromatic heterocycles. The smallest absolute Gasteiger partial charge is 0.325 e. The summed E-state index contributed by atoms with van der Waals surface area (Å²) < 4.78 is 40.2. The fourth-order valence-electron chi connectivity index (χ4n) is 3.17. The topological polar surface area (TPSA) is 76.9 Å². The number of halogens is 3. The lowest BCUT2D eigenvalue weighted by atomic mass is 10.2. The number of nitrogens with one attached hydrogen (secondary N) is 1. The molecule has 0 unspecified atom stereocenters. The number of aromatic nitrogens is 3. The van der Waals surface area contributed by atoms with E-state index in [1.807, 2.05) is 6.07 Å². The normalized spacial score (nSPS) is 11.5. The molecule has 0 spiro atoms. The molecule has 1 amide bonds. The Bertz CT molecular complexity index is 1360. The summed E-state index contributed by atoms with van der Waals surface area (Å²) in [5.41, 5.74) is 0.201. The molecule has 0 atom stereocenters. The van der Waals surface area contributed by atoms with Gasteiger partial charge in [-0.1, -0.05) is 36.0 Å². The van der Waals surface area contributed by atoms with Crippen molar-refractivity contribution in [3.8, 4) is 0 Å². The average molecular weight is 470 g/mol. The number of pyridine rings is 1. The third-order valence-electron chi connectivity index (χ3n) is 4.70. The van der Waals surface area contributed by atoms with E-state index in [1.165, 1.54) is 16.7 Å². The van der Waals surface area contributed by atoms with Crippen molar-refractivity contribution in [3.63, 3.8) is 0 Å². The number of amides is 1. The van der Waals surface area contributed by atoms with Crippen molar-refractivity contribution in [2.75, 3.05) is 11.1 Å². The summed E-state index contributed by atoms with van der Waals surface area (Å²) in [5, 5.41) is 3.23. The fourth-order valence-corrected chi connectivity index (χ4v) is 3.97. The molecule has 0 aliphatic rings. The number of carbonyl (C=O) groups is 1. The van der Waals surface area contributed by atoms with Crippen LogP contribution in [-0.4, -0.2) is 26.2 Å². The molecule has 0 aliphatic heterocycles. The molecule has 168 valence electrons. The van der Waals surface area contributed by atoms with Crippen LogP contribution in [0.3, 0.4) is 0 Å². The molecule has 4 rings (SSSR count). The van der Waals surface area contributed by atoms with Crippen LogP contribution in [0.15, 0.2) is 83.0 Å². The number of carbonyl (C=O) groups excluding carboxylic acids is 1. The van der Waals surface area contributed by atoms with Crippen LogP contribution in [0.1, 0.15) is 11.1 Å². The maximum atomic E-state index is 13.1. The third-order valence-corrected chi connectivity index (χ3v) is 5.67. The molecule has 0 fully saturated rings. The fraction of sp³-hybridized carbons (Fsp3) is 0.130. The zero-order valence-electron chi connectivity index (χ0n) is 17.0. The Morgan fingerprint density at radius 2 is 1.88 bits per heavy atom. The summed E-state index contributed by atoms with van der Waals surface area (Å²) in [4.78, 5) is 34.1. The van der Waals surface area contributed by atoms with E-state index in [0.29, 0.717) is 16.1 Å². The van der Waals surface area contributed by atoms with E-state index in [0.717, 1.165) is 29.5 Å². The van der Waals surface area contributed by atoms with E-state index >= 15 is 0 Å². The molecule has 10 heteroatoms. The van der Waals surface area contributed by atoms with E-state index in [9.17, 15) is 22.8 Å². The Labute approximate surface area is 190 Å². The number of rotatable bonds is 6. The molecule has 0 saturated carbocycles. The van der Waals surface area contributed by atoms with Gasteiger partial charge in [0.15, 0.2) is 5.16 Å². The van der Waals surface area contributed by atoms with Gasteiger partial charge in [0.05, 0.1) is 28.8 Å². The summed E-state index contributed by atoms with van der Waals surface area (Å²) >= 11 is 1.03. The molecule has 2 aromatic carbocycles. The first-order chi connectivity index (χ1) is 15.8. The molecule has 2 heterocycles. The summed E-state index contributed by atoms with van der Waals surface area (Å²) in [6.07, 6.45) is -1.25. The zero-order valence-corrected chi connectivity index (χ0v) is 17.9. The second-order valence-electron chi connectivity index (χ2n) is 7.08. The summed E-state index contributed by atoms with van der Waals surface area (Å²) in [7, 11) is 0.